The molecule has 52 valence electrons. The van der Waals surface area contributed by atoms with Crippen LogP contribution in [0.15, 0.2) is 22.9 Å². The second-order valence-electron chi connectivity index (χ2n) is 1.06. The Morgan fingerprint density at radius 2 is 1.89 bits per heavy atom. The summed E-state index contributed by atoms with van der Waals surface area (Å²) in [5, 5.41) is 7.15. The van der Waals surface area contributed by atoms with Crippen molar-refractivity contribution in [3.8, 4) is 0 Å². The SMILES string of the molecule is Brc1ccnnc1.Cl.Cl. The molecule has 0 bridgehead atoms. The minimum atomic E-state index is 0. The molecule has 0 N–H and O–H groups in total. The average molecular weight is 232 g/mol. The molecule has 0 aliphatic heterocycles. The van der Waals surface area contributed by atoms with E-state index in [1.54, 1.807) is 12.4 Å². The number of hydrogen-bond donors (Lipinski definition) is 0. The average Bonchev–Trinajstić information content (AvgIpc) is 1.69. The maximum absolute atomic E-state index is 3.59. The Morgan fingerprint density at radius 3 is 2.11 bits per heavy atom. The molecule has 0 aromatic carbocycles. The summed E-state index contributed by atoms with van der Waals surface area (Å²) in [5.41, 5.74) is 0. The van der Waals surface area contributed by atoms with Crippen molar-refractivity contribution in [1.82, 2.24) is 10.2 Å². The smallest absolute Gasteiger partial charge is 0.0638 e. The van der Waals surface area contributed by atoms with Crippen molar-refractivity contribution in [1.29, 1.82) is 0 Å². The largest absolute Gasteiger partial charge is 0.159 e. The van der Waals surface area contributed by atoms with Gasteiger partial charge in [0.15, 0.2) is 0 Å². The fourth-order valence-electron chi connectivity index (χ4n) is 0.275. The Kier molecular flexibility index (Phi) is 8.27. The molecule has 0 amide bonds. The van der Waals surface area contributed by atoms with Crippen molar-refractivity contribution in [3.63, 3.8) is 0 Å². The molecular weight excluding hydrogens is 227 g/mol. The van der Waals surface area contributed by atoms with Gasteiger partial charge in [-0.15, -0.1) is 24.8 Å². The van der Waals surface area contributed by atoms with Crippen LogP contribution < -0.4 is 0 Å². The van der Waals surface area contributed by atoms with E-state index in [0.29, 0.717) is 0 Å². The van der Waals surface area contributed by atoms with Gasteiger partial charge in [-0.1, -0.05) is 0 Å². The molecule has 1 rings (SSSR count). The van der Waals surface area contributed by atoms with Gasteiger partial charge in [0.05, 0.1) is 12.4 Å². The fraction of sp³-hybridized carbons (Fsp3) is 0. The summed E-state index contributed by atoms with van der Waals surface area (Å²) >= 11 is 3.21. The van der Waals surface area contributed by atoms with Crippen molar-refractivity contribution in [2.24, 2.45) is 0 Å². The van der Waals surface area contributed by atoms with Gasteiger partial charge in [0, 0.05) is 4.47 Å². The maximum atomic E-state index is 3.59. The van der Waals surface area contributed by atoms with Gasteiger partial charge in [-0.3, -0.25) is 0 Å². The van der Waals surface area contributed by atoms with Crippen LogP contribution in [0, 0.1) is 0 Å². The zero-order chi connectivity index (χ0) is 5.11. The van der Waals surface area contributed by atoms with Crippen LogP contribution in [0.25, 0.3) is 0 Å². The lowest BCUT2D eigenvalue weighted by Crippen LogP contribution is -1.73. The molecule has 0 fully saturated rings. The first kappa shape index (κ1) is 11.9. The summed E-state index contributed by atoms with van der Waals surface area (Å²) in [6.07, 6.45) is 3.27. The van der Waals surface area contributed by atoms with Crippen molar-refractivity contribution in [2.75, 3.05) is 0 Å². The van der Waals surface area contributed by atoms with Crippen molar-refractivity contribution < 1.29 is 0 Å². The molecule has 5 heteroatoms. The van der Waals surface area contributed by atoms with Crippen molar-refractivity contribution >= 4 is 40.7 Å². The third kappa shape index (κ3) is 4.63. The molecule has 1 heterocycles. The summed E-state index contributed by atoms with van der Waals surface area (Å²) < 4.78 is 0.961. The number of hydrogen-bond acceptors (Lipinski definition) is 2. The molecular formula is C4H5BrCl2N2. The van der Waals surface area contributed by atoms with Crippen LogP contribution in [0.3, 0.4) is 0 Å². The Bertz CT molecular complexity index is 146. The van der Waals surface area contributed by atoms with Gasteiger partial charge in [0.25, 0.3) is 0 Å². The molecule has 0 unspecified atom stereocenters. The molecule has 0 aliphatic rings. The van der Waals surface area contributed by atoms with Gasteiger partial charge in [-0.05, 0) is 22.0 Å². The zero-order valence-electron chi connectivity index (χ0n) is 4.32. The molecule has 0 saturated carbocycles. The molecule has 1 aromatic rings. The Hall–Kier alpha value is 0.140. The fourth-order valence-corrected chi connectivity index (χ4v) is 0.484. The summed E-state index contributed by atoms with van der Waals surface area (Å²) in [7, 11) is 0. The van der Waals surface area contributed by atoms with Crippen LogP contribution in [0.5, 0.6) is 0 Å². The van der Waals surface area contributed by atoms with E-state index in [9.17, 15) is 0 Å². The Morgan fingerprint density at radius 1 is 1.22 bits per heavy atom. The number of halogens is 3. The number of nitrogens with zero attached hydrogens (tertiary/aromatic N) is 2. The van der Waals surface area contributed by atoms with Crippen LogP contribution in [0.2, 0.25) is 0 Å². The third-order valence-electron chi connectivity index (χ3n) is 0.548. The lowest BCUT2D eigenvalue weighted by atomic mass is 10.6. The number of rotatable bonds is 0. The zero-order valence-corrected chi connectivity index (χ0v) is 7.54. The van der Waals surface area contributed by atoms with Crippen LogP contribution in [0.4, 0.5) is 0 Å². The lowest BCUT2D eigenvalue weighted by Gasteiger charge is -1.78. The normalized spacial score (nSPS) is 6.78. The summed E-state index contributed by atoms with van der Waals surface area (Å²) in [4.78, 5) is 0. The number of aromatic nitrogens is 2. The van der Waals surface area contributed by atoms with Gasteiger partial charge in [-0.25, -0.2) is 0 Å². The van der Waals surface area contributed by atoms with E-state index < -0.39 is 0 Å². The van der Waals surface area contributed by atoms with Crippen LogP contribution in [-0.2, 0) is 0 Å². The Balaban J connectivity index is 0. The topological polar surface area (TPSA) is 25.8 Å². The second kappa shape index (κ2) is 6.26. The van der Waals surface area contributed by atoms with Crippen LogP contribution >= 0.6 is 40.7 Å². The van der Waals surface area contributed by atoms with Gasteiger partial charge in [0.1, 0.15) is 0 Å². The lowest BCUT2D eigenvalue weighted by molar-refractivity contribution is 1.02. The minimum absolute atomic E-state index is 0. The first-order valence-electron chi connectivity index (χ1n) is 1.82. The molecule has 0 aliphatic carbocycles. The van der Waals surface area contributed by atoms with Gasteiger partial charge < -0.3 is 0 Å². The van der Waals surface area contributed by atoms with E-state index in [-0.39, 0.29) is 24.8 Å². The highest BCUT2D eigenvalue weighted by molar-refractivity contribution is 9.10. The van der Waals surface area contributed by atoms with E-state index >= 15 is 0 Å². The molecule has 1 aromatic heterocycles. The third-order valence-corrected chi connectivity index (χ3v) is 1.02. The quantitative estimate of drug-likeness (QED) is 0.684. The highest BCUT2D eigenvalue weighted by atomic mass is 79.9. The van der Waals surface area contributed by atoms with Crippen LogP contribution in [0.1, 0.15) is 0 Å². The standard InChI is InChI=1S/C4H3BrN2.2ClH/c5-4-1-2-6-7-3-4;;/h1-3H;2*1H. The van der Waals surface area contributed by atoms with Gasteiger partial charge in [-0.2, -0.15) is 10.2 Å². The molecule has 0 saturated heterocycles. The highest BCUT2D eigenvalue weighted by Gasteiger charge is 1.76. The first-order valence-corrected chi connectivity index (χ1v) is 2.61. The Labute approximate surface area is 74.0 Å². The van der Waals surface area contributed by atoms with E-state index in [4.69, 9.17) is 0 Å². The van der Waals surface area contributed by atoms with E-state index in [2.05, 4.69) is 26.1 Å². The minimum Gasteiger partial charge on any atom is -0.159 e. The molecule has 0 atom stereocenters. The van der Waals surface area contributed by atoms with E-state index in [1.807, 2.05) is 6.07 Å². The van der Waals surface area contributed by atoms with Crippen molar-refractivity contribution in [2.45, 2.75) is 0 Å². The maximum Gasteiger partial charge on any atom is 0.0638 e. The monoisotopic (exact) mass is 230 g/mol. The van der Waals surface area contributed by atoms with Gasteiger partial charge >= 0.3 is 0 Å². The molecule has 2 nitrogen and oxygen atoms in total. The predicted octanol–water partition coefficient (Wildman–Crippen LogP) is 2.08. The molecule has 0 radical (unpaired) electrons. The molecule has 0 spiro atoms. The molecule has 9 heavy (non-hydrogen) atoms. The van der Waals surface area contributed by atoms with Crippen LogP contribution in [-0.4, -0.2) is 10.2 Å². The van der Waals surface area contributed by atoms with E-state index in [0.717, 1.165) is 4.47 Å². The highest BCUT2D eigenvalue weighted by Crippen LogP contribution is 2.01. The van der Waals surface area contributed by atoms with E-state index in [1.165, 1.54) is 0 Å². The second-order valence-corrected chi connectivity index (χ2v) is 1.98. The summed E-state index contributed by atoms with van der Waals surface area (Å²) in [5.74, 6) is 0. The summed E-state index contributed by atoms with van der Waals surface area (Å²) in [6.45, 7) is 0. The predicted molar refractivity (Wildman–Crippen MR) is 44.2 cm³/mol. The summed E-state index contributed by atoms with van der Waals surface area (Å²) in [6, 6.07) is 1.83. The first-order chi connectivity index (χ1) is 3.39. The van der Waals surface area contributed by atoms with Gasteiger partial charge in [0.2, 0.25) is 0 Å². The van der Waals surface area contributed by atoms with Crippen molar-refractivity contribution in [3.05, 3.63) is 22.9 Å².